The maximum Gasteiger partial charge on any atom is 0.269 e. The first-order chi connectivity index (χ1) is 10.5. The summed E-state index contributed by atoms with van der Waals surface area (Å²) in [6.45, 7) is 0.326. The molecule has 2 rings (SSSR count). The van der Waals surface area contributed by atoms with E-state index in [0.717, 1.165) is 11.3 Å². The molecule has 22 heavy (non-hydrogen) atoms. The van der Waals surface area contributed by atoms with Gasteiger partial charge in [-0.15, -0.1) is 0 Å². The minimum Gasteiger partial charge on any atom is -0.378 e. The quantitative estimate of drug-likeness (QED) is 0.680. The van der Waals surface area contributed by atoms with Crippen LogP contribution >= 0.6 is 0 Å². The van der Waals surface area contributed by atoms with Crippen LogP contribution in [0.15, 0.2) is 48.5 Å². The van der Waals surface area contributed by atoms with E-state index in [-0.39, 0.29) is 11.6 Å². The first-order valence-corrected chi connectivity index (χ1v) is 6.76. The van der Waals surface area contributed by atoms with E-state index in [1.165, 1.54) is 12.1 Å². The summed E-state index contributed by atoms with van der Waals surface area (Å²) in [7, 11) is 3.87. The van der Waals surface area contributed by atoms with Crippen molar-refractivity contribution in [2.45, 2.75) is 6.54 Å². The SMILES string of the molecule is CN(C)c1ccc(C(=O)NCc2ccc([N+](=O)[O-])cc2)cc1. The average molecular weight is 299 g/mol. The molecule has 114 valence electrons. The van der Waals surface area contributed by atoms with Crippen molar-refractivity contribution in [1.82, 2.24) is 5.32 Å². The standard InChI is InChI=1S/C16H17N3O3/c1-18(2)14-9-5-13(6-10-14)16(20)17-11-12-3-7-15(8-4-12)19(21)22/h3-10H,11H2,1-2H3,(H,17,20). The molecule has 6 nitrogen and oxygen atoms in total. The normalized spacial score (nSPS) is 10.1. The van der Waals surface area contributed by atoms with Gasteiger partial charge in [0.2, 0.25) is 0 Å². The Balaban J connectivity index is 1.96. The second-order valence-electron chi connectivity index (χ2n) is 5.05. The molecule has 1 N–H and O–H groups in total. The van der Waals surface area contributed by atoms with Gasteiger partial charge in [0.05, 0.1) is 4.92 Å². The second kappa shape index (κ2) is 6.71. The molecular formula is C16H17N3O3. The molecule has 0 aromatic heterocycles. The molecule has 0 atom stereocenters. The number of benzene rings is 2. The van der Waals surface area contributed by atoms with E-state index in [1.807, 2.05) is 31.1 Å². The Morgan fingerprint density at radius 1 is 1.09 bits per heavy atom. The third-order valence-corrected chi connectivity index (χ3v) is 3.25. The van der Waals surface area contributed by atoms with E-state index >= 15 is 0 Å². The lowest BCUT2D eigenvalue weighted by Gasteiger charge is -2.12. The van der Waals surface area contributed by atoms with E-state index in [0.29, 0.717) is 12.1 Å². The maximum absolute atomic E-state index is 12.0. The number of hydrogen-bond donors (Lipinski definition) is 1. The summed E-state index contributed by atoms with van der Waals surface area (Å²) < 4.78 is 0. The number of nitro benzene ring substituents is 1. The number of nitrogens with zero attached hydrogens (tertiary/aromatic N) is 2. The molecule has 2 aromatic rings. The number of anilines is 1. The Bertz CT molecular complexity index is 664. The fraction of sp³-hybridized carbons (Fsp3) is 0.188. The minimum absolute atomic E-state index is 0.0364. The van der Waals surface area contributed by atoms with E-state index < -0.39 is 4.92 Å². The molecule has 0 fully saturated rings. The Kier molecular flexibility index (Phi) is 4.73. The molecule has 0 aliphatic carbocycles. The number of carbonyl (C=O) groups is 1. The number of rotatable bonds is 5. The number of nitrogens with one attached hydrogen (secondary N) is 1. The Morgan fingerprint density at radius 3 is 2.18 bits per heavy atom. The molecule has 0 spiro atoms. The molecule has 0 saturated carbocycles. The van der Waals surface area contributed by atoms with Gasteiger partial charge >= 0.3 is 0 Å². The molecule has 0 radical (unpaired) electrons. The highest BCUT2D eigenvalue weighted by Gasteiger charge is 2.07. The van der Waals surface area contributed by atoms with Gasteiger partial charge in [0, 0.05) is 44.0 Å². The predicted molar refractivity (Wildman–Crippen MR) is 85.0 cm³/mol. The average Bonchev–Trinajstić information content (AvgIpc) is 2.53. The summed E-state index contributed by atoms with van der Waals surface area (Å²) in [5, 5.41) is 13.4. The Hall–Kier alpha value is -2.89. The second-order valence-corrected chi connectivity index (χ2v) is 5.05. The molecule has 2 aromatic carbocycles. The lowest BCUT2D eigenvalue weighted by molar-refractivity contribution is -0.384. The Morgan fingerprint density at radius 2 is 1.68 bits per heavy atom. The van der Waals surface area contributed by atoms with Gasteiger partial charge in [-0.25, -0.2) is 0 Å². The summed E-state index contributed by atoms with van der Waals surface area (Å²) in [5.41, 5.74) is 2.44. The van der Waals surface area contributed by atoms with E-state index in [1.54, 1.807) is 24.3 Å². The fourth-order valence-corrected chi connectivity index (χ4v) is 1.93. The van der Waals surface area contributed by atoms with Crippen molar-refractivity contribution in [3.63, 3.8) is 0 Å². The third kappa shape index (κ3) is 3.82. The van der Waals surface area contributed by atoms with E-state index in [2.05, 4.69) is 5.32 Å². The maximum atomic E-state index is 12.0. The van der Waals surface area contributed by atoms with E-state index in [4.69, 9.17) is 0 Å². The van der Waals surface area contributed by atoms with Gasteiger partial charge in [-0.1, -0.05) is 12.1 Å². The van der Waals surface area contributed by atoms with Crippen molar-refractivity contribution < 1.29 is 9.72 Å². The zero-order valence-electron chi connectivity index (χ0n) is 12.4. The number of non-ortho nitro benzene ring substituents is 1. The van der Waals surface area contributed by atoms with Crippen molar-refractivity contribution in [3.8, 4) is 0 Å². The van der Waals surface area contributed by atoms with Crippen LogP contribution < -0.4 is 10.2 Å². The highest BCUT2D eigenvalue weighted by Crippen LogP contribution is 2.13. The zero-order chi connectivity index (χ0) is 16.1. The molecule has 0 aliphatic heterocycles. The third-order valence-electron chi connectivity index (χ3n) is 3.25. The summed E-state index contributed by atoms with van der Waals surface area (Å²) in [4.78, 5) is 24.1. The van der Waals surface area contributed by atoms with Gasteiger partial charge < -0.3 is 10.2 Å². The van der Waals surface area contributed by atoms with Crippen molar-refractivity contribution in [2.24, 2.45) is 0 Å². The van der Waals surface area contributed by atoms with Gasteiger partial charge in [0.15, 0.2) is 0 Å². The number of amides is 1. The largest absolute Gasteiger partial charge is 0.378 e. The first-order valence-electron chi connectivity index (χ1n) is 6.76. The van der Waals surface area contributed by atoms with Crippen molar-refractivity contribution >= 4 is 17.3 Å². The smallest absolute Gasteiger partial charge is 0.269 e. The van der Waals surface area contributed by atoms with Crippen molar-refractivity contribution in [2.75, 3.05) is 19.0 Å². The molecule has 0 unspecified atom stereocenters. The first kappa shape index (κ1) is 15.5. The van der Waals surface area contributed by atoms with Gasteiger partial charge in [0.25, 0.3) is 11.6 Å². The molecule has 0 bridgehead atoms. The van der Waals surface area contributed by atoms with Crippen molar-refractivity contribution in [3.05, 3.63) is 69.8 Å². The van der Waals surface area contributed by atoms with Crippen LogP contribution in [0.3, 0.4) is 0 Å². The zero-order valence-corrected chi connectivity index (χ0v) is 12.4. The topological polar surface area (TPSA) is 75.5 Å². The molecular weight excluding hydrogens is 282 g/mol. The molecule has 0 heterocycles. The predicted octanol–water partition coefficient (Wildman–Crippen LogP) is 2.59. The van der Waals surface area contributed by atoms with E-state index in [9.17, 15) is 14.9 Å². The molecule has 0 saturated heterocycles. The van der Waals surface area contributed by atoms with Crippen LogP contribution in [0.5, 0.6) is 0 Å². The Labute approximate surface area is 128 Å². The summed E-state index contributed by atoms with van der Waals surface area (Å²) in [5.74, 6) is -0.177. The monoisotopic (exact) mass is 299 g/mol. The van der Waals surface area contributed by atoms with Crippen LogP contribution in [0.25, 0.3) is 0 Å². The summed E-state index contributed by atoms with van der Waals surface area (Å²) >= 11 is 0. The van der Waals surface area contributed by atoms with Crippen LogP contribution in [0, 0.1) is 10.1 Å². The number of carbonyl (C=O) groups excluding carboxylic acids is 1. The van der Waals surface area contributed by atoms with Crippen LogP contribution in [0.2, 0.25) is 0 Å². The van der Waals surface area contributed by atoms with Gasteiger partial charge in [-0.05, 0) is 29.8 Å². The lowest BCUT2D eigenvalue weighted by Crippen LogP contribution is -2.22. The highest BCUT2D eigenvalue weighted by atomic mass is 16.6. The lowest BCUT2D eigenvalue weighted by atomic mass is 10.1. The highest BCUT2D eigenvalue weighted by molar-refractivity contribution is 5.94. The number of nitro groups is 1. The van der Waals surface area contributed by atoms with Gasteiger partial charge in [-0.2, -0.15) is 0 Å². The van der Waals surface area contributed by atoms with Crippen LogP contribution in [-0.4, -0.2) is 24.9 Å². The summed E-state index contributed by atoms with van der Waals surface area (Å²) in [6.07, 6.45) is 0. The van der Waals surface area contributed by atoms with Gasteiger partial charge in [0.1, 0.15) is 0 Å². The molecule has 0 aliphatic rings. The number of hydrogen-bond acceptors (Lipinski definition) is 4. The molecule has 6 heteroatoms. The van der Waals surface area contributed by atoms with Crippen LogP contribution in [-0.2, 0) is 6.54 Å². The van der Waals surface area contributed by atoms with Crippen molar-refractivity contribution in [1.29, 1.82) is 0 Å². The van der Waals surface area contributed by atoms with Crippen LogP contribution in [0.4, 0.5) is 11.4 Å². The fourth-order valence-electron chi connectivity index (χ4n) is 1.93. The molecule has 1 amide bonds. The van der Waals surface area contributed by atoms with Gasteiger partial charge in [-0.3, -0.25) is 14.9 Å². The minimum atomic E-state index is -0.450. The summed E-state index contributed by atoms with van der Waals surface area (Å²) in [6, 6.07) is 13.4. The van der Waals surface area contributed by atoms with Crippen LogP contribution in [0.1, 0.15) is 15.9 Å².